The molecule has 0 unspecified atom stereocenters. The maximum Gasteiger partial charge on any atom is 0.293 e. The second kappa shape index (κ2) is 9.02. The molecule has 1 aromatic heterocycles. The van der Waals surface area contributed by atoms with E-state index in [2.05, 4.69) is 10.3 Å². The molecule has 0 saturated carbocycles. The van der Waals surface area contributed by atoms with E-state index in [1.807, 2.05) is 4.72 Å². The van der Waals surface area contributed by atoms with Gasteiger partial charge >= 0.3 is 0 Å². The minimum Gasteiger partial charge on any atom is -0.497 e. The summed E-state index contributed by atoms with van der Waals surface area (Å²) in [5.41, 5.74) is -0.361. The highest BCUT2D eigenvalue weighted by atomic mass is 32.2. The molecule has 3 N–H and O–H groups in total. The summed E-state index contributed by atoms with van der Waals surface area (Å²) in [6.07, 6.45) is 0. The van der Waals surface area contributed by atoms with E-state index in [0.717, 1.165) is 18.2 Å². The van der Waals surface area contributed by atoms with Gasteiger partial charge in [0.05, 0.1) is 16.9 Å². The second-order valence-corrected chi connectivity index (χ2v) is 8.91. The molecule has 0 saturated heterocycles. The predicted octanol–water partition coefficient (Wildman–Crippen LogP) is 4.23. The highest BCUT2D eigenvalue weighted by Gasteiger charge is 2.24. The second-order valence-electron chi connectivity index (χ2n) is 7.23. The van der Waals surface area contributed by atoms with Gasteiger partial charge in [0.25, 0.3) is 21.6 Å². The Morgan fingerprint density at radius 2 is 1.74 bits per heavy atom. The molecule has 3 aromatic carbocycles. The largest absolute Gasteiger partial charge is 0.497 e. The van der Waals surface area contributed by atoms with Crippen molar-refractivity contribution in [2.75, 3.05) is 12.4 Å². The molecule has 0 aliphatic carbocycles. The zero-order valence-corrected chi connectivity index (χ0v) is 18.7. The van der Waals surface area contributed by atoms with Crippen molar-refractivity contribution in [2.45, 2.75) is 4.90 Å². The number of methoxy groups -OCH3 is 1. The van der Waals surface area contributed by atoms with Gasteiger partial charge in [-0.15, -0.1) is 0 Å². The average Bonchev–Trinajstić information content (AvgIpc) is 3.27. The van der Waals surface area contributed by atoms with Crippen LogP contribution >= 0.6 is 0 Å². The van der Waals surface area contributed by atoms with Gasteiger partial charge in [-0.25, -0.2) is 21.9 Å². The number of nitro groups is 1. The zero-order chi connectivity index (χ0) is 25.3. The maximum atomic E-state index is 13.6. The predicted molar refractivity (Wildman–Crippen MR) is 122 cm³/mol. The first-order valence-corrected chi connectivity index (χ1v) is 11.3. The first-order valence-electron chi connectivity index (χ1n) is 9.82. The van der Waals surface area contributed by atoms with E-state index in [4.69, 9.17) is 4.74 Å². The van der Waals surface area contributed by atoms with E-state index in [0.29, 0.717) is 5.75 Å². The van der Waals surface area contributed by atoms with Crippen LogP contribution in [0.4, 0.5) is 25.8 Å². The number of fused-ring (bicyclic) bond motifs is 1. The van der Waals surface area contributed by atoms with Crippen molar-refractivity contribution in [2.24, 2.45) is 0 Å². The third-order valence-corrected chi connectivity index (χ3v) is 6.36. The number of aromatic nitrogens is 1. The molecule has 0 atom stereocenters. The van der Waals surface area contributed by atoms with Crippen LogP contribution in [0, 0.1) is 21.7 Å². The summed E-state index contributed by atoms with van der Waals surface area (Å²) in [5, 5.41) is 14.4. The molecule has 35 heavy (non-hydrogen) atoms. The molecular formula is C22H16F2N4O6S. The van der Waals surface area contributed by atoms with Gasteiger partial charge in [-0.05, 0) is 48.5 Å². The van der Waals surface area contributed by atoms with E-state index >= 15 is 0 Å². The lowest BCUT2D eigenvalue weighted by atomic mass is 10.1. The Hall–Kier alpha value is -4.52. The van der Waals surface area contributed by atoms with Crippen LogP contribution in [0.2, 0.25) is 0 Å². The Kier molecular flexibility index (Phi) is 6.09. The molecule has 1 amide bonds. The Bertz CT molecular complexity index is 1570. The summed E-state index contributed by atoms with van der Waals surface area (Å²) in [4.78, 5) is 25.9. The van der Waals surface area contributed by atoms with Crippen molar-refractivity contribution in [1.29, 1.82) is 0 Å². The third kappa shape index (κ3) is 4.75. The highest BCUT2D eigenvalue weighted by molar-refractivity contribution is 7.90. The van der Waals surface area contributed by atoms with Crippen LogP contribution in [0.1, 0.15) is 10.5 Å². The lowest BCUT2D eigenvalue weighted by Gasteiger charge is -2.08. The molecular weight excluding hydrogens is 486 g/mol. The van der Waals surface area contributed by atoms with Crippen LogP contribution in [0.15, 0.2) is 65.6 Å². The summed E-state index contributed by atoms with van der Waals surface area (Å²) in [5.74, 6) is -2.81. The fraction of sp³-hybridized carbons (Fsp3) is 0.0455. The number of sulfonamides is 1. The molecule has 0 aliphatic rings. The average molecular weight is 502 g/mol. The Labute approximate surface area is 196 Å². The number of halogens is 2. The number of carbonyl (C=O) groups is 1. The van der Waals surface area contributed by atoms with E-state index in [9.17, 15) is 32.1 Å². The minimum absolute atomic E-state index is 0.0745. The number of amides is 1. The topological polar surface area (TPSA) is 143 Å². The smallest absolute Gasteiger partial charge is 0.293 e. The number of hydrogen-bond donors (Lipinski definition) is 3. The molecule has 180 valence electrons. The molecule has 10 nitrogen and oxygen atoms in total. The molecule has 4 rings (SSSR count). The summed E-state index contributed by atoms with van der Waals surface area (Å²) in [6.45, 7) is 0. The van der Waals surface area contributed by atoms with Crippen LogP contribution < -0.4 is 14.8 Å². The fourth-order valence-corrected chi connectivity index (χ4v) is 4.27. The Balaban J connectivity index is 1.70. The lowest BCUT2D eigenvalue weighted by Crippen LogP contribution is -2.30. The summed E-state index contributed by atoms with van der Waals surface area (Å²) in [6, 6.07) is 12.0. The van der Waals surface area contributed by atoms with Gasteiger partial charge in [0.2, 0.25) is 0 Å². The van der Waals surface area contributed by atoms with Gasteiger partial charge in [-0.1, -0.05) is 0 Å². The number of nitrogens with one attached hydrogen (secondary N) is 3. The maximum absolute atomic E-state index is 13.6. The normalized spacial score (nSPS) is 11.3. The van der Waals surface area contributed by atoms with Crippen LogP contribution in [-0.4, -0.2) is 31.3 Å². The number of ether oxygens (including phenoxy) is 1. The van der Waals surface area contributed by atoms with E-state index in [-0.39, 0.29) is 38.6 Å². The number of benzene rings is 3. The Morgan fingerprint density at radius 3 is 2.37 bits per heavy atom. The van der Waals surface area contributed by atoms with Crippen molar-refractivity contribution < 1.29 is 31.7 Å². The van der Waals surface area contributed by atoms with Crippen molar-refractivity contribution in [1.82, 2.24) is 9.71 Å². The first-order chi connectivity index (χ1) is 16.6. The number of rotatable bonds is 7. The van der Waals surface area contributed by atoms with Crippen molar-refractivity contribution in [3.63, 3.8) is 0 Å². The number of aromatic amines is 1. The molecule has 0 spiro atoms. The first kappa shape index (κ1) is 23.6. The molecule has 4 aromatic rings. The number of carbonyl (C=O) groups excluding carboxylic acids is 1. The van der Waals surface area contributed by atoms with Crippen LogP contribution in [0.25, 0.3) is 10.9 Å². The monoisotopic (exact) mass is 502 g/mol. The summed E-state index contributed by atoms with van der Waals surface area (Å²) < 4.78 is 58.9. The number of nitro benzene ring substituents is 1. The van der Waals surface area contributed by atoms with E-state index < -0.39 is 32.5 Å². The zero-order valence-electron chi connectivity index (χ0n) is 17.8. The molecule has 13 heteroatoms. The van der Waals surface area contributed by atoms with Crippen molar-refractivity contribution >= 4 is 43.9 Å². The lowest BCUT2D eigenvalue weighted by molar-refractivity contribution is -0.383. The van der Waals surface area contributed by atoms with Gasteiger partial charge in [0, 0.05) is 28.9 Å². The van der Waals surface area contributed by atoms with Gasteiger partial charge in [-0.3, -0.25) is 14.9 Å². The number of anilines is 2. The summed E-state index contributed by atoms with van der Waals surface area (Å²) in [7, 11) is -2.85. The van der Waals surface area contributed by atoms with Gasteiger partial charge in [0.1, 0.15) is 17.0 Å². The van der Waals surface area contributed by atoms with Crippen molar-refractivity contribution in [3.8, 4) is 5.75 Å². The van der Waals surface area contributed by atoms with Gasteiger partial charge in [-0.2, -0.15) is 0 Å². The van der Waals surface area contributed by atoms with E-state index in [1.54, 1.807) is 0 Å². The number of nitrogens with zero attached hydrogens (tertiary/aromatic N) is 1. The minimum atomic E-state index is -4.27. The molecule has 0 bridgehead atoms. The van der Waals surface area contributed by atoms with Crippen LogP contribution in [0.5, 0.6) is 5.75 Å². The van der Waals surface area contributed by atoms with Crippen LogP contribution in [-0.2, 0) is 10.0 Å². The van der Waals surface area contributed by atoms with Gasteiger partial charge < -0.3 is 15.0 Å². The number of H-pyrrole nitrogens is 1. The molecule has 0 radical (unpaired) electrons. The molecule has 0 fully saturated rings. The third-order valence-electron chi connectivity index (χ3n) is 5.01. The van der Waals surface area contributed by atoms with E-state index in [1.165, 1.54) is 49.6 Å². The molecule has 0 aliphatic heterocycles. The van der Waals surface area contributed by atoms with Gasteiger partial charge in [0.15, 0.2) is 11.6 Å². The Morgan fingerprint density at radius 1 is 1.03 bits per heavy atom. The SMILES string of the molecule is COc1ccc(S(=O)(=O)NC(=O)c2cc3c(Nc4ccc(F)c(F)c4)ccc([N+](=O)[O-])c3[nH]2)cc1. The fourth-order valence-electron chi connectivity index (χ4n) is 3.31. The summed E-state index contributed by atoms with van der Waals surface area (Å²) >= 11 is 0. The van der Waals surface area contributed by atoms with Crippen LogP contribution in [0.3, 0.4) is 0 Å². The number of hydrogen-bond acceptors (Lipinski definition) is 7. The quantitative estimate of drug-likeness (QED) is 0.253. The number of non-ortho nitro benzene ring substituents is 1. The molecule has 1 heterocycles. The van der Waals surface area contributed by atoms with Crippen molar-refractivity contribution in [3.05, 3.63) is 88.1 Å². The standard InChI is InChI=1S/C22H16F2N4O6S/c1-34-13-3-5-14(6-4-13)35(32,33)27-22(29)19-11-15-18(8-9-20(28(30)31)21(15)26-19)25-12-2-7-16(23)17(24)10-12/h2-11,25-26H,1H3,(H,27,29). The highest BCUT2D eigenvalue weighted by Crippen LogP contribution is 2.34.